The fourth-order valence-corrected chi connectivity index (χ4v) is 3.58. The minimum atomic E-state index is -0.437. The van der Waals surface area contributed by atoms with Gasteiger partial charge in [-0.15, -0.1) is 0 Å². The van der Waals surface area contributed by atoms with Crippen LogP contribution in [0.5, 0.6) is 0 Å². The quantitative estimate of drug-likeness (QED) is 0.606. The molecule has 0 radical (unpaired) electrons. The van der Waals surface area contributed by atoms with E-state index in [1.807, 2.05) is 11.0 Å². The summed E-state index contributed by atoms with van der Waals surface area (Å²) in [4.78, 5) is 26.1. The molecule has 0 aliphatic heterocycles. The van der Waals surface area contributed by atoms with Crippen LogP contribution in [0.25, 0.3) is 11.1 Å². The topological polar surface area (TPSA) is 67.5 Å². The van der Waals surface area contributed by atoms with Crippen LogP contribution in [0.4, 0.5) is 4.39 Å². The number of rotatable bonds is 8. The Balaban J connectivity index is 1.57. The molecular formula is C21H23ClFN3O3. The third-order valence-electron chi connectivity index (χ3n) is 4.81. The van der Waals surface area contributed by atoms with E-state index in [0.717, 1.165) is 0 Å². The molecule has 0 bridgehead atoms. The number of aromatic nitrogens is 1. The molecule has 0 unspecified atom stereocenters. The minimum absolute atomic E-state index is 0.176. The number of carbonyl (C=O) groups excluding carboxylic acids is 1. The predicted octanol–water partition coefficient (Wildman–Crippen LogP) is 3.59. The lowest BCUT2D eigenvalue weighted by Gasteiger charge is -2.26. The van der Waals surface area contributed by atoms with Crippen molar-refractivity contribution in [1.29, 1.82) is 0 Å². The van der Waals surface area contributed by atoms with Gasteiger partial charge in [-0.05, 0) is 44.8 Å². The number of amides is 1. The van der Waals surface area contributed by atoms with Gasteiger partial charge in [0.05, 0.1) is 11.6 Å². The highest BCUT2D eigenvalue weighted by Gasteiger charge is 2.21. The molecule has 0 aliphatic rings. The first-order valence-corrected chi connectivity index (χ1v) is 9.71. The maximum atomic E-state index is 14.2. The fourth-order valence-electron chi connectivity index (χ4n) is 3.29. The van der Waals surface area contributed by atoms with Gasteiger partial charge in [0, 0.05) is 30.1 Å². The Morgan fingerprint density at radius 2 is 2.00 bits per heavy atom. The van der Waals surface area contributed by atoms with E-state index in [-0.39, 0.29) is 18.9 Å². The number of fused-ring (bicyclic) bond motifs is 1. The molecule has 0 saturated carbocycles. The number of hydrogen-bond donors (Lipinski definition) is 1. The van der Waals surface area contributed by atoms with Gasteiger partial charge < -0.3 is 14.6 Å². The van der Waals surface area contributed by atoms with E-state index in [1.54, 1.807) is 44.4 Å². The largest absolute Gasteiger partial charge is 0.419 e. The Morgan fingerprint density at radius 3 is 2.72 bits per heavy atom. The van der Waals surface area contributed by atoms with Crippen molar-refractivity contribution in [1.82, 2.24) is 14.8 Å². The fraction of sp³-hybridized carbons (Fsp3) is 0.333. The molecule has 0 spiro atoms. The average molecular weight is 420 g/mol. The van der Waals surface area contributed by atoms with Gasteiger partial charge in [-0.2, -0.15) is 0 Å². The van der Waals surface area contributed by atoms with Gasteiger partial charge in [-0.1, -0.05) is 29.8 Å². The lowest BCUT2D eigenvalue weighted by Crippen LogP contribution is -2.35. The molecule has 8 heteroatoms. The molecule has 154 valence electrons. The predicted molar refractivity (Wildman–Crippen MR) is 111 cm³/mol. The monoisotopic (exact) mass is 419 g/mol. The molecule has 3 aromatic rings. The van der Waals surface area contributed by atoms with Crippen molar-refractivity contribution >= 4 is 28.6 Å². The van der Waals surface area contributed by atoms with E-state index in [9.17, 15) is 14.0 Å². The standard InChI is InChI=1S/C21H23ClFN3O3/c1-25(2)17(20-14(22)7-5-8-15(20)23)13-24-19(27)11-6-12-26-16-9-3-4-10-18(16)29-21(26)28/h3-5,7-10,17H,6,11-13H2,1-2H3,(H,24,27)/t17-/m0/s1. The second-order valence-corrected chi connectivity index (χ2v) is 7.42. The molecule has 2 aromatic carbocycles. The first kappa shape index (κ1) is 21.1. The van der Waals surface area contributed by atoms with Crippen molar-refractivity contribution in [3.8, 4) is 0 Å². The first-order chi connectivity index (χ1) is 13.9. The number of nitrogens with zero attached hydrogens (tertiary/aromatic N) is 2. The summed E-state index contributed by atoms with van der Waals surface area (Å²) in [7, 11) is 3.60. The lowest BCUT2D eigenvalue weighted by molar-refractivity contribution is -0.121. The number of para-hydroxylation sites is 2. The zero-order chi connectivity index (χ0) is 21.0. The highest BCUT2D eigenvalue weighted by molar-refractivity contribution is 6.31. The molecule has 29 heavy (non-hydrogen) atoms. The number of hydrogen-bond acceptors (Lipinski definition) is 4. The van der Waals surface area contributed by atoms with Crippen LogP contribution in [0.1, 0.15) is 24.4 Å². The maximum Gasteiger partial charge on any atom is 0.419 e. The summed E-state index contributed by atoms with van der Waals surface area (Å²) >= 11 is 6.17. The van der Waals surface area contributed by atoms with E-state index in [1.165, 1.54) is 10.6 Å². The third-order valence-corrected chi connectivity index (χ3v) is 5.14. The van der Waals surface area contributed by atoms with Crippen molar-refractivity contribution in [2.75, 3.05) is 20.6 Å². The Labute approximate surface area is 172 Å². The SMILES string of the molecule is CN(C)[C@@H](CNC(=O)CCCn1c(=O)oc2ccccc21)c1c(F)cccc1Cl. The molecule has 1 amide bonds. The molecule has 1 heterocycles. The van der Waals surface area contributed by atoms with Crippen molar-refractivity contribution in [3.05, 3.63) is 69.4 Å². The Morgan fingerprint density at radius 1 is 1.24 bits per heavy atom. The molecule has 6 nitrogen and oxygen atoms in total. The van der Waals surface area contributed by atoms with Gasteiger partial charge in [0.25, 0.3) is 0 Å². The van der Waals surface area contributed by atoms with Crippen LogP contribution < -0.4 is 11.1 Å². The smallest absolute Gasteiger partial charge is 0.408 e. The van der Waals surface area contributed by atoms with Gasteiger partial charge in [0.1, 0.15) is 5.82 Å². The molecule has 3 rings (SSSR count). The van der Waals surface area contributed by atoms with Gasteiger partial charge in [-0.3, -0.25) is 9.36 Å². The summed E-state index contributed by atoms with van der Waals surface area (Å²) in [6.45, 7) is 0.598. The van der Waals surface area contributed by atoms with E-state index in [2.05, 4.69) is 5.32 Å². The van der Waals surface area contributed by atoms with Crippen LogP contribution in [0.2, 0.25) is 5.02 Å². The van der Waals surface area contributed by atoms with Crippen molar-refractivity contribution in [2.24, 2.45) is 0 Å². The van der Waals surface area contributed by atoms with Gasteiger partial charge in [0.2, 0.25) is 5.91 Å². The number of benzene rings is 2. The molecule has 0 fully saturated rings. The van der Waals surface area contributed by atoms with E-state index >= 15 is 0 Å². The zero-order valence-electron chi connectivity index (χ0n) is 16.3. The number of oxazole rings is 1. The second-order valence-electron chi connectivity index (χ2n) is 7.01. The summed E-state index contributed by atoms with van der Waals surface area (Å²) in [6, 6.07) is 11.3. The highest BCUT2D eigenvalue weighted by atomic mass is 35.5. The van der Waals surface area contributed by atoms with Gasteiger partial charge in [-0.25, -0.2) is 9.18 Å². The van der Waals surface area contributed by atoms with Gasteiger partial charge in [0.15, 0.2) is 5.58 Å². The second kappa shape index (κ2) is 9.24. The summed E-state index contributed by atoms with van der Waals surface area (Å²) < 4.78 is 21.0. The van der Waals surface area contributed by atoms with Crippen molar-refractivity contribution in [2.45, 2.75) is 25.4 Å². The maximum absolute atomic E-state index is 14.2. The molecular weight excluding hydrogens is 397 g/mol. The van der Waals surface area contributed by atoms with Crippen LogP contribution in [0, 0.1) is 5.82 Å². The lowest BCUT2D eigenvalue weighted by atomic mass is 10.0. The number of likely N-dealkylation sites (N-methyl/N-ethyl adjacent to an activating group) is 1. The zero-order valence-corrected chi connectivity index (χ0v) is 17.1. The number of carbonyl (C=O) groups is 1. The van der Waals surface area contributed by atoms with Crippen LogP contribution >= 0.6 is 11.6 Å². The van der Waals surface area contributed by atoms with E-state index in [4.69, 9.17) is 16.0 Å². The van der Waals surface area contributed by atoms with Crippen LogP contribution in [0.3, 0.4) is 0 Å². The average Bonchev–Trinajstić information content (AvgIpc) is 2.99. The first-order valence-electron chi connectivity index (χ1n) is 9.34. The number of aryl methyl sites for hydroxylation is 1. The molecule has 0 saturated heterocycles. The minimum Gasteiger partial charge on any atom is -0.408 e. The van der Waals surface area contributed by atoms with E-state index in [0.29, 0.717) is 34.7 Å². The Kier molecular flexibility index (Phi) is 6.71. The molecule has 1 aromatic heterocycles. The third kappa shape index (κ3) is 4.86. The Bertz CT molecular complexity index is 1040. The normalized spacial score (nSPS) is 12.4. The Hall–Kier alpha value is -2.64. The summed E-state index contributed by atoms with van der Waals surface area (Å²) in [5, 5.41) is 3.16. The summed E-state index contributed by atoms with van der Waals surface area (Å²) in [5.41, 5.74) is 1.59. The number of nitrogens with one attached hydrogen (secondary N) is 1. The van der Waals surface area contributed by atoms with Crippen molar-refractivity contribution in [3.63, 3.8) is 0 Å². The van der Waals surface area contributed by atoms with Crippen LogP contribution in [0.15, 0.2) is 51.7 Å². The highest BCUT2D eigenvalue weighted by Crippen LogP contribution is 2.28. The molecule has 1 N–H and O–H groups in total. The summed E-state index contributed by atoms with van der Waals surface area (Å²) in [5.74, 6) is -1.02. The van der Waals surface area contributed by atoms with Gasteiger partial charge >= 0.3 is 5.76 Å². The van der Waals surface area contributed by atoms with E-state index < -0.39 is 17.6 Å². The molecule has 0 aliphatic carbocycles. The molecule has 1 atom stereocenters. The number of halogens is 2. The van der Waals surface area contributed by atoms with Crippen LogP contribution in [-0.2, 0) is 11.3 Å². The summed E-state index contributed by atoms with van der Waals surface area (Å²) in [6.07, 6.45) is 0.708. The van der Waals surface area contributed by atoms with Crippen molar-refractivity contribution < 1.29 is 13.6 Å². The van der Waals surface area contributed by atoms with Crippen LogP contribution in [-0.4, -0.2) is 36.0 Å².